The van der Waals surface area contributed by atoms with Gasteiger partial charge in [0, 0.05) is 6.54 Å². The van der Waals surface area contributed by atoms with Gasteiger partial charge in [0.2, 0.25) is 11.8 Å². The zero-order valence-electron chi connectivity index (χ0n) is 9.57. The Balaban J connectivity index is 2.30. The van der Waals surface area contributed by atoms with Gasteiger partial charge in [-0.1, -0.05) is 6.08 Å². The van der Waals surface area contributed by atoms with Crippen molar-refractivity contribution < 1.29 is 14.3 Å². The zero-order valence-corrected chi connectivity index (χ0v) is 9.57. The van der Waals surface area contributed by atoms with Crippen molar-refractivity contribution in [2.75, 3.05) is 26.3 Å². The van der Waals surface area contributed by atoms with Crippen LogP contribution in [0, 0.1) is 0 Å². The molecule has 1 rings (SSSR count). The smallest absolute Gasteiger partial charge is 0.242 e. The molecule has 1 fully saturated rings. The molecule has 1 atom stereocenters. The summed E-state index contributed by atoms with van der Waals surface area (Å²) < 4.78 is 5.31. The lowest BCUT2D eigenvalue weighted by Crippen LogP contribution is -2.57. The molecule has 0 spiro atoms. The molecule has 1 aliphatic rings. The van der Waals surface area contributed by atoms with Gasteiger partial charge >= 0.3 is 0 Å². The Morgan fingerprint density at radius 2 is 2.31 bits per heavy atom. The van der Waals surface area contributed by atoms with Crippen LogP contribution in [0.3, 0.4) is 0 Å². The van der Waals surface area contributed by atoms with Crippen molar-refractivity contribution in [2.24, 2.45) is 0 Å². The van der Waals surface area contributed by atoms with Crippen LogP contribution >= 0.6 is 0 Å². The van der Waals surface area contributed by atoms with Crippen LogP contribution in [0.1, 0.15) is 13.3 Å². The quantitative estimate of drug-likeness (QED) is 0.509. The normalized spacial score (nSPS) is 20.8. The number of ether oxygens (including phenoxy) is 1. The molecule has 0 radical (unpaired) electrons. The van der Waals surface area contributed by atoms with Crippen LogP contribution in [0.4, 0.5) is 0 Å². The minimum absolute atomic E-state index is 0.0561. The number of amides is 2. The molecule has 0 aromatic rings. The highest BCUT2D eigenvalue weighted by Crippen LogP contribution is 2.04. The molecule has 0 aromatic carbocycles. The second kappa shape index (κ2) is 6.27. The average molecular weight is 226 g/mol. The van der Waals surface area contributed by atoms with Crippen molar-refractivity contribution in [3.63, 3.8) is 0 Å². The Bertz CT molecular complexity index is 278. The standard InChI is InChI=1S/C11H18N2O3/c1-3-4-6-16-7-5-13-9(2)11(15)12-8-10(13)14/h3,9H,1,4-8H2,2H3,(H,12,15). The summed E-state index contributed by atoms with van der Waals surface area (Å²) in [6.45, 7) is 6.92. The fraction of sp³-hybridized carbons (Fsp3) is 0.636. The molecule has 0 saturated carbocycles. The van der Waals surface area contributed by atoms with E-state index in [1.807, 2.05) is 0 Å². The summed E-state index contributed by atoms with van der Waals surface area (Å²) in [5, 5.41) is 2.54. The molecule has 5 heteroatoms. The third-order valence-electron chi connectivity index (χ3n) is 2.52. The summed E-state index contributed by atoms with van der Waals surface area (Å²) in [5.41, 5.74) is 0. The van der Waals surface area contributed by atoms with E-state index in [0.29, 0.717) is 19.8 Å². The van der Waals surface area contributed by atoms with E-state index < -0.39 is 6.04 Å². The third-order valence-corrected chi connectivity index (χ3v) is 2.52. The maximum Gasteiger partial charge on any atom is 0.242 e. The van der Waals surface area contributed by atoms with Crippen LogP contribution in [-0.4, -0.2) is 49.1 Å². The number of hydrogen-bond donors (Lipinski definition) is 1. The summed E-state index contributed by atoms with van der Waals surface area (Å²) in [7, 11) is 0. The number of piperazine rings is 1. The molecule has 0 aliphatic carbocycles. The van der Waals surface area contributed by atoms with Crippen LogP contribution in [0.15, 0.2) is 12.7 Å². The van der Waals surface area contributed by atoms with Gasteiger partial charge in [-0.15, -0.1) is 6.58 Å². The van der Waals surface area contributed by atoms with E-state index in [1.165, 1.54) is 0 Å². The molecule has 1 aliphatic heterocycles. The van der Waals surface area contributed by atoms with Crippen LogP contribution in [0.5, 0.6) is 0 Å². The van der Waals surface area contributed by atoms with E-state index >= 15 is 0 Å². The van der Waals surface area contributed by atoms with Gasteiger partial charge in [0.15, 0.2) is 0 Å². The number of hydrogen-bond acceptors (Lipinski definition) is 3. The summed E-state index contributed by atoms with van der Waals surface area (Å²) in [6, 6.07) is -0.399. The maximum atomic E-state index is 11.5. The lowest BCUT2D eigenvalue weighted by Gasteiger charge is -2.32. The van der Waals surface area contributed by atoms with Crippen LogP contribution in [0.25, 0.3) is 0 Å². The summed E-state index contributed by atoms with van der Waals surface area (Å²) in [5.74, 6) is -0.162. The minimum atomic E-state index is -0.399. The molecular weight excluding hydrogens is 208 g/mol. The highest BCUT2D eigenvalue weighted by atomic mass is 16.5. The van der Waals surface area contributed by atoms with E-state index in [0.717, 1.165) is 6.42 Å². The van der Waals surface area contributed by atoms with Gasteiger partial charge in [-0.2, -0.15) is 0 Å². The number of nitrogens with zero attached hydrogens (tertiary/aromatic N) is 1. The van der Waals surface area contributed by atoms with Crippen molar-refractivity contribution in [1.29, 1.82) is 0 Å². The van der Waals surface area contributed by atoms with Gasteiger partial charge in [-0.25, -0.2) is 0 Å². The number of carbonyl (C=O) groups is 2. The molecule has 1 saturated heterocycles. The van der Waals surface area contributed by atoms with E-state index in [9.17, 15) is 9.59 Å². The van der Waals surface area contributed by atoms with Gasteiger partial charge in [-0.3, -0.25) is 9.59 Å². The molecule has 90 valence electrons. The minimum Gasteiger partial charge on any atom is -0.379 e. The summed E-state index contributed by atoms with van der Waals surface area (Å²) >= 11 is 0. The molecule has 16 heavy (non-hydrogen) atoms. The molecule has 1 heterocycles. The van der Waals surface area contributed by atoms with E-state index in [-0.39, 0.29) is 18.4 Å². The maximum absolute atomic E-state index is 11.5. The first-order valence-electron chi connectivity index (χ1n) is 5.42. The van der Waals surface area contributed by atoms with Crippen LogP contribution in [0.2, 0.25) is 0 Å². The second-order valence-corrected chi connectivity index (χ2v) is 3.67. The van der Waals surface area contributed by atoms with E-state index in [1.54, 1.807) is 17.9 Å². The first kappa shape index (κ1) is 12.7. The largest absolute Gasteiger partial charge is 0.379 e. The molecule has 2 amide bonds. The van der Waals surface area contributed by atoms with E-state index in [4.69, 9.17) is 4.74 Å². The third kappa shape index (κ3) is 3.34. The predicted octanol–water partition coefficient (Wildman–Crippen LogP) is -0.0740. The topological polar surface area (TPSA) is 58.6 Å². The van der Waals surface area contributed by atoms with Crippen molar-refractivity contribution in [3.8, 4) is 0 Å². The number of carbonyl (C=O) groups excluding carboxylic acids is 2. The molecular formula is C11H18N2O3. The SMILES string of the molecule is C=CCCOCCN1C(=O)CNC(=O)C1C. The molecule has 1 N–H and O–H groups in total. The fourth-order valence-electron chi connectivity index (χ4n) is 1.52. The van der Waals surface area contributed by atoms with Gasteiger partial charge in [0.25, 0.3) is 0 Å². The van der Waals surface area contributed by atoms with Crippen molar-refractivity contribution >= 4 is 11.8 Å². The van der Waals surface area contributed by atoms with Gasteiger partial charge in [-0.05, 0) is 13.3 Å². The number of rotatable bonds is 6. The van der Waals surface area contributed by atoms with E-state index in [2.05, 4.69) is 11.9 Å². The second-order valence-electron chi connectivity index (χ2n) is 3.67. The van der Waals surface area contributed by atoms with Crippen molar-refractivity contribution in [3.05, 3.63) is 12.7 Å². The molecule has 5 nitrogen and oxygen atoms in total. The lowest BCUT2D eigenvalue weighted by atomic mass is 10.2. The molecule has 0 aromatic heterocycles. The highest BCUT2D eigenvalue weighted by molar-refractivity contribution is 5.94. The first-order valence-corrected chi connectivity index (χ1v) is 5.42. The van der Waals surface area contributed by atoms with Gasteiger partial charge < -0.3 is 15.0 Å². The highest BCUT2D eigenvalue weighted by Gasteiger charge is 2.30. The van der Waals surface area contributed by atoms with Crippen LogP contribution < -0.4 is 5.32 Å². The Labute approximate surface area is 95.4 Å². The average Bonchev–Trinajstić information content (AvgIpc) is 2.28. The molecule has 1 unspecified atom stereocenters. The predicted molar refractivity (Wildman–Crippen MR) is 59.8 cm³/mol. The van der Waals surface area contributed by atoms with Gasteiger partial charge in [0.1, 0.15) is 6.04 Å². The Morgan fingerprint density at radius 1 is 1.56 bits per heavy atom. The van der Waals surface area contributed by atoms with Crippen molar-refractivity contribution in [1.82, 2.24) is 10.2 Å². The number of nitrogens with one attached hydrogen (secondary N) is 1. The zero-order chi connectivity index (χ0) is 12.0. The lowest BCUT2D eigenvalue weighted by molar-refractivity contribution is -0.145. The van der Waals surface area contributed by atoms with Crippen molar-refractivity contribution in [2.45, 2.75) is 19.4 Å². The Hall–Kier alpha value is -1.36. The summed E-state index contributed by atoms with van der Waals surface area (Å²) in [6.07, 6.45) is 2.58. The van der Waals surface area contributed by atoms with Gasteiger partial charge in [0.05, 0.1) is 19.8 Å². The van der Waals surface area contributed by atoms with Crippen LogP contribution in [-0.2, 0) is 14.3 Å². The molecule has 0 bridgehead atoms. The Kier molecular flexibility index (Phi) is 4.98. The summed E-state index contributed by atoms with van der Waals surface area (Å²) in [4.78, 5) is 24.4. The monoisotopic (exact) mass is 226 g/mol. The Morgan fingerprint density at radius 3 is 3.00 bits per heavy atom. The fourth-order valence-corrected chi connectivity index (χ4v) is 1.52. The first-order chi connectivity index (χ1) is 7.66.